The number of hydrogen-bond donors (Lipinski definition) is 0. The van der Waals surface area contributed by atoms with Gasteiger partial charge < -0.3 is 4.90 Å². The predicted octanol–water partition coefficient (Wildman–Crippen LogP) is 2.72. The van der Waals surface area contributed by atoms with E-state index in [1.807, 2.05) is 31.2 Å². The van der Waals surface area contributed by atoms with E-state index in [-0.39, 0.29) is 9.94 Å². The highest BCUT2D eigenvalue weighted by Gasteiger charge is 2.39. The van der Waals surface area contributed by atoms with Crippen molar-refractivity contribution in [2.24, 2.45) is 5.10 Å². The fourth-order valence-electron chi connectivity index (χ4n) is 3.42. The molecule has 0 aromatic heterocycles. The van der Waals surface area contributed by atoms with Crippen molar-refractivity contribution in [2.45, 2.75) is 31.2 Å². The molecule has 2 aliphatic heterocycles. The Hall–Kier alpha value is -2.67. The summed E-state index contributed by atoms with van der Waals surface area (Å²) in [5.74, 6) is -0.504. The molecule has 7 heteroatoms. The number of amides is 1. The van der Waals surface area contributed by atoms with Crippen LogP contribution in [0, 0.1) is 6.92 Å². The fraction of sp³-hybridized carbons (Fsp3) is 0.300. The minimum absolute atomic E-state index is 0.134. The minimum Gasteiger partial charge on any atom is -0.337 e. The highest BCUT2D eigenvalue weighted by atomic mass is 32.2. The van der Waals surface area contributed by atoms with Crippen LogP contribution in [-0.2, 0) is 21.2 Å². The number of likely N-dealkylation sites (tertiary alicyclic amines) is 1. The smallest absolute Gasteiger partial charge is 0.286 e. The lowest BCUT2D eigenvalue weighted by Crippen LogP contribution is -2.42. The van der Waals surface area contributed by atoms with Gasteiger partial charge in [-0.1, -0.05) is 42.0 Å². The summed E-state index contributed by atoms with van der Waals surface area (Å²) in [6.07, 6.45) is 1.78. The average molecular weight is 383 g/mol. The molecule has 140 valence electrons. The second-order valence-electron chi connectivity index (χ2n) is 6.92. The van der Waals surface area contributed by atoms with Gasteiger partial charge in [0.2, 0.25) is 14.9 Å². The Kier molecular flexibility index (Phi) is 4.47. The summed E-state index contributed by atoms with van der Waals surface area (Å²) in [7, 11) is -3.93. The summed E-state index contributed by atoms with van der Waals surface area (Å²) in [5, 5.41) is 5.54. The second-order valence-corrected chi connectivity index (χ2v) is 8.75. The van der Waals surface area contributed by atoms with Gasteiger partial charge in [0, 0.05) is 13.1 Å². The first-order valence-electron chi connectivity index (χ1n) is 9.02. The minimum atomic E-state index is -3.93. The van der Waals surface area contributed by atoms with E-state index in [0.29, 0.717) is 25.3 Å². The maximum absolute atomic E-state index is 13.0. The molecule has 1 amide bonds. The molecule has 0 unspecified atom stereocenters. The molecule has 2 aromatic carbocycles. The second kappa shape index (κ2) is 6.81. The van der Waals surface area contributed by atoms with Crippen molar-refractivity contribution in [3.8, 4) is 0 Å². The Morgan fingerprint density at radius 3 is 2.41 bits per heavy atom. The number of nitrogens with zero attached hydrogens (tertiary/aromatic N) is 3. The predicted molar refractivity (Wildman–Crippen MR) is 104 cm³/mol. The van der Waals surface area contributed by atoms with Crippen LogP contribution in [0.1, 0.15) is 24.0 Å². The Labute approximate surface area is 159 Å². The molecule has 6 nitrogen and oxygen atoms in total. The number of hydrazone groups is 1. The Bertz CT molecular complexity index is 1010. The van der Waals surface area contributed by atoms with Crippen LogP contribution in [0.3, 0.4) is 0 Å². The topological polar surface area (TPSA) is 70.1 Å². The average Bonchev–Trinajstić information content (AvgIpc) is 3.20. The van der Waals surface area contributed by atoms with Crippen LogP contribution in [0.2, 0.25) is 0 Å². The lowest BCUT2D eigenvalue weighted by Gasteiger charge is -2.28. The molecule has 0 aliphatic carbocycles. The summed E-state index contributed by atoms with van der Waals surface area (Å²) in [4.78, 5) is 14.6. The van der Waals surface area contributed by atoms with Crippen molar-refractivity contribution in [1.29, 1.82) is 0 Å². The highest BCUT2D eigenvalue weighted by molar-refractivity contribution is 8.08. The van der Waals surface area contributed by atoms with Gasteiger partial charge in [0.05, 0.1) is 17.1 Å². The van der Waals surface area contributed by atoms with Gasteiger partial charge in [-0.15, -0.1) is 0 Å². The Morgan fingerprint density at radius 1 is 1.04 bits per heavy atom. The van der Waals surface area contributed by atoms with E-state index in [9.17, 15) is 13.2 Å². The maximum Gasteiger partial charge on any atom is 0.286 e. The number of anilines is 1. The summed E-state index contributed by atoms with van der Waals surface area (Å²) in [6.45, 7) is 3.56. The summed E-state index contributed by atoms with van der Waals surface area (Å²) in [5.41, 5.74) is 2.64. The van der Waals surface area contributed by atoms with E-state index >= 15 is 0 Å². The lowest BCUT2D eigenvalue weighted by molar-refractivity contribution is -0.122. The number of aryl methyl sites for hydroxylation is 1. The van der Waals surface area contributed by atoms with E-state index in [1.165, 1.54) is 0 Å². The molecule has 0 N–H and O–H groups in total. The maximum atomic E-state index is 13.0. The first-order valence-corrected chi connectivity index (χ1v) is 10.5. The van der Waals surface area contributed by atoms with Crippen molar-refractivity contribution >= 4 is 26.5 Å². The number of sulfone groups is 1. The van der Waals surface area contributed by atoms with Crippen LogP contribution in [0.5, 0.6) is 0 Å². The Morgan fingerprint density at radius 2 is 1.70 bits per heavy atom. The van der Waals surface area contributed by atoms with E-state index in [4.69, 9.17) is 0 Å². The number of carbonyl (C=O) groups is 1. The molecule has 0 radical (unpaired) electrons. The molecule has 4 rings (SSSR count). The van der Waals surface area contributed by atoms with Gasteiger partial charge in [-0.3, -0.25) is 9.80 Å². The number of para-hydroxylation sites is 1. The van der Waals surface area contributed by atoms with Gasteiger partial charge in [-0.05, 0) is 37.5 Å². The van der Waals surface area contributed by atoms with Crippen LogP contribution in [0.25, 0.3) is 0 Å². The van der Waals surface area contributed by atoms with E-state index in [1.54, 1.807) is 34.2 Å². The van der Waals surface area contributed by atoms with Gasteiger partial charge in [0.25, 0.3) is 5.91 Å². The zero-order chi connectivity index (χ0) is 19.0. The van der Waals surface area contributed by atoms with Gasteiger partial charge >= 0.3 is 0 Å². The largest absolute Gasteiger partial charge is 0.337 e. The zero-order valence-electron chi connectivity index (χ0n) is 15.1. The third-order valence-corrected chi connectivity index (χ3v) is 6.62. The monoisotopic (exact) mass is 383 g/mol. The van der Waals surface area contributed by atoms with Crippen LogP contribution in [-0.4, -0.2) is 37.4 Å². The summed E-state index contributed by atoms with van der Waals surface area (Å²) in [6, 6.07) is 14.7. The molecule has 27 heavy (non-hydrogen) atoms. The fourth-order valence-corrected chi connectivity index (χ4v) is 4.90. The normalized spacial score (nSPS) is 18.2. The van der Waals surface area contributed by atoms with Crippen molar-refractivity contribution < 1.29 is 13.2 Å². The molecule has 0 saturated carbocycles. The third kappa shape index (κ3) is 3.23. The molecular formula is C20H21N3O3S. The number of rotatable bonds is 3. The van der Waals surface area contributed by atoms with Crippen LogP contribution < -0.4 is 5.01 Å². The van der Waals surface area contributed by atoms with Gasteiger partial charge in [-0.25, -0.2) is 8.42 Å². The number of fused-ring (bicyclic) bond motifs is 1. The number of carbonyl (C=O) groups excluding carboxylic acids is 1. The molecule has 2 aliphatic rings. The number of benzene rings is 2. The van der Waals surface area contributed by atoms with Crippen LogP contribution in [0.15, 0.2) is 58.5 Å². The summed E-state index contributed by atoms with van der Waals surface area (Å²) < 4.78 is 26.1. The summed E-state index contributed by atoms with van der Waals surface area (Å²) >= 11 is 0. The van der Waals surface area contributed by atoms with Gasteiger partial charge in [-0.2, -0.15) is 5.10 Å². The van der Waals surface area contributed by atoms with Crippen molar-refractivity contribution in [2.75, 3.05) is 18.1 Å². The zero-order valence-corrected chi connectivity index (χ0v) is 15.9. The van der Waals surface area contributed by atoms with Crippen LogP contribution >= 0.6 is 0 Å². The highest BCUT2D eigenvalue weighted by Crippen LogP contribution is 2.33. The van der Waals surface area contributed by atoms with Crippen molar-refractivity contribution in [1.82, 2.24) is 4.90 Å². The molecule has 2 aromatic rings. The molecule has 0 spiro atoms. The SMILES string of the molecule is Cc1ccc(CN2N=C(C(=O)N3CCCC3)S(=O)(=O)c3ccccc32)cc1. The van der Waals surface area contributed by atoms with Crippen molar-refractivity contribution in [3.63, 3.8) is 0 Å². The van der Waals surface area contributed by atoms with Gasteiger partial charge in [0.1, 0.15) is 0 Å². The molecule has 1 saturated heterocycles. The molecule has 0 atom stereocenters. The van der Waals surface area contributed by atoms with Crippen molar-refractivity contribution in [3.05, 3.63) is 59.7 Å². The van der Waals surface area contributed by atoms with Gasteiger partial charge in [0.15, 0.2) is 0 Å². The standard InChI is InChI=1S/C20H21N3O3S/c1-15-8-10-16(11-9-15)14-23-17-6-2-3-7-18(17)27(25,26)19(21-23)20(24)22-12-4-5-13-22/h2-3,6-11H,4-5,12-14H2,1H3. The first-order chi connectivity index (χ1) is 13.0. The third-order valence-electron chi connectivity index (χ3n) is 4.93. The van der Waals surface area contributed by atoms with E-state index in [0.717, 1.165) is 24.0 Å². The molecule has 0 bridgehead atoms. The van der Waals surface area contributed by atoms with Crippen LogP contribution in [0.4, 0.5) is 5.69 Å². The lowest BCUT2D eigenvalue weighted by atomic mass is 10.1. The van der Waals surface area contributed by atoms with E-state index < -0.39 is 15.7 Å². The quantitative estimate of drug-likeness (QED) is 0.817. The molecule has 1 fully saturated rings. The first kappa shape index (κ1) is 17.7. The Balaban J connectivity index is 1.77. The molecule has 2 heterocycles. The number of hydrogen-bond acceptors (Lipinski definition) is 5. The molecular weight excluding hydrogens is 362 g/mol. The van der Waals surface area contributed by atoms with E-state index in [2.05, 4.69) is 5.10 Å².